The van der Waals surface area contributed by atoms with E-state index in [-0.39, 0.29) is 0 Å². The largest absolute Gasteiger partial charge is 0.489 e. The van der Waals surface area contributed by atoms with Crippen molar-refractivity contribution < 1.29 is 13.2 Å². The zero-order chi connectivity index (χ0) is 17.0. The van der Waals surface area contributed by atoms with Gasteiger partial charge >= 0.3 is 0 Å². The quantitative estimate of drug-likeness (QED) is 0.833. The van der Waals surface area contributed by atoms with Crippen LogP contribution in [0.4, 0.5) is 0 Å². The summed E-state index contributed by atoms with van der Waals surface area (Å²) in [5.74, 6) is 0.768. The van der Waals surface area contributed by atoms with Crippen molar-refractivity contribution in [1.29, 1.82) is 0 Å². The molecule has 3 rings (SSSR count). The van der Waals surface area contributed by atoms with E-state index in [2.05, 4.69) is 4.90 Å². The van der Waals surface area contributed by atoms with Crippen molar-refractivity contribution in [2.45, 2.75) is 11.5 Å². The molecule has 0 bridgehead atoms. The standard InChI is InChI=1S/C18H22N2O3S/c1-19-10-12-20(13-11-19)24(21,22)18-9-5-6-16(14-18)15-23-17-7-3-2-4-8-17/h2-9,14H,10-13,15H2,1H3. The van der Waals surface area contributed by atoms with Crippen LogP contribution in [0.2, 0.25) is 0 Å². The monoisotopic (exact) mass is 346 g/mol. The van der Waals surface area contributed by atoms with Crippen molar-refractivity contribution >= 4 is 10.0 Å². The third-order valence-electron chi connectivity index (χ3n) is 4.15. The van der Waals surface area contributed by atoms with Crippen LogP contribution in [0.1, 0.15) is 5.56 Å². The Kier molecular flexibility index (Phi) is 5.18. The summed E-state index contributed by atoms with van der Waals surface area (Å²) in [4.78, 5) is 2.47. The molecule has 0 atom stereocenters. The second-order valence-electron chi connectivity index (χ2n) is 5.96. The minimum atomic E-state index is -3.44. The highest BCUT2D eigenvalue weighted by Gasteiger charge is 2.27. The zero-order valence-electron chi connectivity index (χ0n) is 13.8. The molecule has 6 heteroatoms. The summed E-state index contributed by atoms with van der Waals surface area (Å²) in [6, 6.07) is 16.5. The molecule has 2 aromatic carbocycles. The molecular formula is C18H22N2O3S. The Hall–Kier alpha value is -1.89. The van der Waals surface area contributed by atoms with Gasteiger partial charge in [-0.15, -0.1) is 0 Å². The molecule has 24 heavy (non-hydrogen) atoms. The van der Waals surface area contributed by atoms with E-state index >= 15 is 0 Å². The van der Waals surface area contributed by atoms with Crippen molar-refractivity contribution in [1.82, 2.24) is 9.21 Å². The van der Waals surface area contributed by atoms with Crippen LogP contribution in [0.3, 0.4) is 0 Å². The minimum absolute atomic E-state index is 0.334. The zero-order valence-corrected chi connectivity index (χ0v) is 14.6. The van der Waals surface area contributed by atoms with Crippen LogP contribution in [0.5, 0.6) is 5.75 Å². The number of rotatable bonds is 5. The van der Waals surface area contributed by atoms with Gasteiger partial charge < -0.3 is 9.64 Å². The van der Waals surface area contributed by atoms with E-state index in [4.69, 9.17) is 4.74 Å². The summed E-state index contributed by atoms with van der Waals surface area (Å²) in [5.41, 5.74) is 0.842. The summed E-state index contributed by atoms with van der Waals surface area (Å²) in [7, 11) is -1.43. The predicted octanol–water partition coefficient (Wildman–Crippen LogP) is 2.20. The van der Waals surface area contributed by atoms with Gasteiger partial charge in [0, 0.05) is 26.2 Å². The first-order valence-electron chi connectivity index (χ1n) is 8.01. The lowest BCUT2D eigenvalue weighted by atomic mass is 10.2. The number of sulfonamides is 1. The van der Waals surface area contributed by atoms with Gasteiger partial charge in [0.25, 0.3) is 0 Å². The van der Waals surface area contributed by atoms with Crippen molar-refractivity contribution in [2.24, 2.45) is 0 Å². The highest BCUT2D eigenvalue weighted by Crippen LogP contribution is 2.19. The molecule has 1 fully saturated rings. The molecule has 1 saturated heterocycles. The average Bonchev–Trinajstić information content (AvgIpc) is 2.61. The average molecular weight is 346 g/mol. The summed E-state index contributed by atoms with van der Waals surface area (Å²) < 4.78 is 32.8. The van der Waals surface area contributed by atoms with Crippen LogP contribution in [0.25, 0.3) is 0 Å². The first-order chi connectivity index (χ1) is 11.6. The molecule has 0 aromatic heterocycles. The summed E-state index contributed by atoms with van der Waals surface area (Å²) in [6.45, 7) is 2.93. The molecule has 2 aromatic rings. The number of nitrogens with zero attached hydrogens (tertiary/aromatic N) is 2. The molecule has 0 amide bonds. The second-order valence-corrected chi connectivity index (χ2v) is 7.89. The highest BCUT2D eigenvalue weighted by atomic mass is 32.2. The maximum Gasteiger partial charge on any atom is 0.243 e. The SMILES string of the molecule is CN1CCN(S(=O)(=O)c2cccc(COc3ccccc3)c2)CC1. The van der Waals surface area contributed by atoms with Gasteiger partial charge in [-0.1, -0.05) is 30.3 Å². The van der Waals surface area contributed by atoms with E-state index in [9.17, 15) is 8.42 Å². The van der Waals surface area contributed by atoms with E-state index in [1.165, 1.54) is 0 Å². The normalized spacial score (nSPS) is 16.9. The number of benzene rings is 2. The lowest BCUT2D eigenvalue weighted by Gasteiger charge is -2.31. The van der Waals surface area contributed by atoms with Gasteiger partial charge in [0.05, 0.1) is 4.90 Å². The van der Waals surface area contributed by atoms with Crippen LogP contribution in [0, 0.1) is 0 Å². The number of likely N-dealkylation sites (N-methyl/N-ethyl adjacent to an activating group) is 1. The fourth-order valence-electron chi connectivity index (χ4n) is 2.66. The van der Waals surface area contributed by atoms with Crippen molar-refractivity contribution in [3.8, 4) is 5.75 Å². The summed E-state index contributed by atoms with van der Waals surface area (Å²) in [5, 5.41) is 0. The molecule has 0 aliphatic carbocycles. The molecule has 0 spiro atoms. The van der Waals surface area contributed by atoms with Crippen LogP contribution in [0.15, 0.2) is 59.5 Å². The molecule has 128 valence electrons. The van der Waals surface area contributed by atoms with Crippen LogP contribution in [-0.2, 0) is 16.6 Å². The smallest absolute Gasteiger partial charge is 0.243 e. The van der Waals surface area contributed by atoms with E-state index in [1.807, 2.05) is 43.4 Å². The topological polar surface area (TPSA) is 49.9 Å². The van der Waals surface area contributed by atoms with E-state index < -0.39 is 10.0 Å². The molecule has 1 aliphatic heterocycles. The van der Waals surface area contributed by atoms with Gasteiger partial charge in [-0.25, -0.2) is 8.42 Å². The van der Waals surface area contributed by atoms with Crippen molar-refractivity contribution in [3.05, 3.63) is 60.2 Å². The summed E-state index contributed by atoms with van der Waals surface area (Å²) >= 11 is 0. The van der Waals surface area contributed by atoms with Gasteiger partial charge in [-0.05, 0) is 36.9 Å². The number of para-hydroxylation sites is 1. The van der Waals surface area contributed by atoms with Crippen LogP contribution in [-0.4, -0.2) is 50.8 Å². The van der Waals surface area contributed by atoms with Crippen molar-refractivity contribution in [3.63, 3.8) is 0 Å². The van der Waals surface area contributed by atoms with E-state index in [0.717, 1.165) is 24.4 Å². The molecule has 0 saturated carbocycles. The molecule has 5 nitrogen and oxygen atoms in total. The van der Waals surface area contributed by atoms with Crippen LogP contribution < -0.4 is 4.74 Å². The van der Waals surface area contributed by atoms with Gasteiger partial charge in [0.15, 0.2) is 0 Å². The van der Waals surface area contributed by atoms with E-state index in [1.54, 1.807) is 22.5 Å². The van der Waals surface area contributed by atoms with Crippen LogP contribution >= 0.6 is 0 Å². The Morgan fingerprint density at radius 3 is 2.38 bits per heavy atom. The molecular weight excluding hydrogens is 324 g/mol. The Morgan fingerprint density at radius 1 is 0.958 bits per heavy atom. The van der Waals surface area contributed by atoms with Gasteiger partial charge in [0.1, 0.15) is 12.4 Å². The molecule has 0 radical (unpaired) electrons. The fraction of sp³-hybridized carbons (Fsp3) is 0.333. The second kappa shape index (κ2) is 7.34. The van der Waals surface area contributed by atoms with Gasteiger partial charge in [-0.3, -0.25) is 0 Å². The maximum absolute atomic E-state index is 12.8. The number of piperazine rings is 1. The molecule has 0 unspecified atom stereocenters. The molecule has 1 aliphatic rings. The first kappa shape index (κ1) is 17.0. The Balaban J connectivity index is 1.72. The maximum atomic E-state index is 12.8. The Bertz CT molecular complexity index is 770. The van der Waals surface area contributed by atoms with Gasteiger partial charge in [0.2, 0.25) is 10.0 Å². The first-order valence-corrected chi connectivity index (χ1v) is 9.45. The lowest BCUT2D eigenvalue weighted by molar-refractivity contribution is 0.222. The highest BCUT2D eigenvalue weighted by molar-refractivity contribution is 7.89. The summed E-state index contributed by atoms with van der Waals surface area (Å²) in [6.07, 6.45) is 0. The predicted molar refractivity (Wildman–Crippen MR) is 93.5 cm³/mol. The fourth-order valence-corrected chi connectivity index (χ4v) is 4.15. The molecule has 1 heterocycles. The number of hydrogen-bond donors (Lipinski definition) is 0. The Labute approximate surface area is 143 Å². The van der Waals surface area contributed by atoms with Gasteiger partial charge in [-0.2, -0.15) is 4.31 Å². The van der Waals surface area contributed by atoms with Crippen molar-refractivity contribution in [2.75, 3.05) is 33.2 Å². The molecule has 0 N–H and O–H groups in total. The minimum Gasteiger partial charge on any atom is -0.489 e. The Morgan fingerprint density at radius 2 is 1.67 bits per heavy atom. The third-order valence-corrected chi connectivity index (χ3v) is 6.04. The number of ether oxygens (including phenoxy) is 1. The van der Waals surface area contributed by atoms with E-state index in [0.29, 0.717) is 24.6 Å². The lowest BCUT2D eigenvalue weighted by Crippen LogP contribution is -2.47. The number of hydrogen-bond acceptors (Lipinski definition) is 4. The third kappa shape index (κ3) is 3.95.